The highest BCUT2D eigenvalue weighted by molar-refractivity contribution is 7.99. The van der Waals surface area contributed by atoms with Gasteiger partial charge in [0.25, 0.3) is 5.91 Å². The summed E-state index contributed by atoms with van der Waals surface area (Å²) in [5, 5.41) is 11.6. The Kier molecular flexibility index (Phi) is 6.69. The van der Waals surface area contributed by atoms with Crippen LogP contribution in [0.15, 0.2) is 18.2 Å². The number of thioether (sulfide) groups is 1. The number of amides is 1. The Hall–Kier alpha value is -1.40. The molecule has 0 aromatic heterocycles. The highest BCUT2D eigenvalue weighted by Crippen LogP contribution is 2.30. The van der Waals surface area contributed by atoms with Gasteiger partial charge < -0.3 is 19.9 Å². The number of aliphatic hydroxyl groups excluding tert-OH is 1. The van der Waals surface area contributed by atoms with Crippen molar-refractivity contribution in [3.05, 3.63) is 23.8 Å². The maximum atomic E-state index is 12.0. The topological polar surface area (TPSA) is 67.8 Å². The average Bonchev–Trinajstić information content (AvgIpc) is 2.75. The number of aliphatic hydroxyl groups is 1. The van der Waals surface area contributed by atoms with Crippen LogP contribution < -0.4 is 14.8 Å². The third-order valence-electron chi connectivity index (χ3n) is 2.99. The van der Waals surface area contributed by atoms with Gasteiger partial charge in [-0.1, -0.05) is 0 Å². The molecule has 1 aliphatic heterocycles. The van der Waals surface area contributed by atoms with Crippen molar-refractivity contribution >= 4 is 17.7 Å². The van der Waals surface area contributed by atoms with Crippen molar-refractivity contribution in [2.75, 3.05) is 37.9 Å². The highest BCUT2D eigenvalue weighted by atomic mass is 32.2. The Balaban J connectivity index is 1.81. The van der Waals surface area contributed by atoms with E-state index in [2.05, 4.69) is 5.32 Å². The molecular formula is C15H21NO4S. The molecule has 6 heteroatoms. The standard InChI is InChI=1S/C15H21NO4S/c17-6-1-9-21-10-5-16-15(18)12-3-4-13-14(11-12)20-8-2-7-19-13/h3-4,11,17H,1-2,5-10H2,(H,16,18). The molecule has 0 saturated heterocycles. The van der Waals surface area contributed by atoms with Gasteiger partial charge in [-0.05, 0) is 30.4 Å². The van der Waals surface area contributed by atoms with Crippen LogP contribution in [0.3, 0.4) is 0 Å². The third-order valence-corrected chi connectivity index (χ3v) is 4.06. The predicted octanol–water partition coefficient (Wildman–Crippen LogP) is 1.69. The SMILES string of the molecule is O=C(NCCSCCCO)c1ccc2c(c1)OCCCO2. The van der Waals surface area contributed by atoms with Gasteiger partial charge in [0.2, 0.25) is 0 Å². The summed E-state index contributed by atoms with van der Waals surface area (Å²) in [7, 11) is 0. The fourth-order valence-corrected chi connectivity index (χ4v) is 2.70. The summed E-state index contributed by atoms with van der Waals surface area (Å²) >= 11 is 1.72. The smallest absolute Gasteiger partial charge is 0.251 e. The minimum Gasteiger partial charge on any atom is -0.490 e. The first-order chi connectivity index (χ1) is 10.3. The van der Waals surface area contributed by atoms with Gasteiger partial charge in [-0.2, -0.15) is 11.8 Å². The molecule has 1 aromatic rings. The van der Waals surface area contributed by atoms with E-state index in [-0.39, 0.29) is 12.5 Å². The fraction of sp³-hybridized carbons (Fsp3) is 0.533. The summed E-state index contributed by atoms with van der Waals surface area (Å²) in [4.78, 5) is 12.0. The zero-order valence-electron chi connectivity index (χ0n) is 12.0. The van der Waals surface area contributed by atoms with E-state index in [4.69, 9.17) is 14.6 Å². The summed E-state index contributed by atoms with van der Waals surface area (Å²) in [5.74, 6) is 2.99. The lowest BCUT2D eigenvalue weighted by molar-refractivity contribution is 0.0955. The van der Waals surface area contributed by atoms with Gasteiger partial charge in [0.1, 0.15) is 0 Å². The molecule has 0 aliphatic carbocycles. The quantitative estimate of drug-likeness (QED) is 0.750. The molecule has 5 nitrogen and oxygen atoms in total. The van der Waals surface area contributed by atoms with Crippen LogP contribution >= 0.6 is 11.8 Å². The average molecular weight is 311 g/mol. The zero-order chi connectivity index (χ0) is 14.9. The van der Waals surface area contributed by atoms with E-state index in [0.29, 0.717) is 36.8 Å². The van der Waals surface area contributed by atoms with Crippen LogP contribution in [0.4, 0.5) is 0 Å². The van der Waals surface area contributed by atoms with E-state index in [1.54, 1.807) is 30.0 Å². The Morgan fingerprint density at radius 2 is 2.05 bits per heavy atom. The number of rotatable bonds is 7. The molecule has 2 N–H and O–H groups in total. The van der Waals surface area contributed by atoms with Crippen LogP contribution in [-0.2, 0) is 0 Å². The van der Waals surface area contributed by atoms with Crippen molar-refractivity contribution in [3.8, 4) is 11.5 Å². The lowest BCUT2D eigenvalue weighted by Gasteiger charge is -2.09. The third kappa shape index (κ3) is 5.13. The number of hydrogen-bond acceptors (Lipinski definition) is 5. The van der Waals surface area contributed by atoms with E-state index in [0.717, 1.165) is 24.3 Å². The molecule has 0 atom stereocenters. The van der Waals surface area contributed by atoms with Crippen molar-refractivity contribution in [3.63, 3.8) is 0 Å². The van der Waals surface area contributed by atoms with Crippen molar-refractivity contribution < 1.29 is 19.4 Å². The molecule has 2 rings (SSSR count). The molecule has 0 spiro atoms. The van der Waals surface area contributed by atoms with E-state index in [9.17, 15) is 4.79 Å². The zero-order valence-corrected chi connectivity index (χ0v) is 12.8. The second-order valence-corrected chi connectivity index (χ2v) is 5.88. The molecule has 0 fully saturated rings. The normalized spacial score (nSPS) is 13.6. The van der Waals surface area contributed by atoms with Gasteiger partial charge in [-0.25, -0.2) is 0 Å². The molecule has 1 aromatic carbocycles. The van der Waals surface area contributed by atoms with E-state index in [1.165, 1.54) is 0 Å². The van der Waals surface area contributed by atoms with Crippen molar-refractivity contribution in [1.82, 2.24) is 5.32 Å². The minimum atomic E-state index is -0.103. The van der Waals surface area contributed by atoms with Crippen molar-refractivity contribution in [2.24, 2.45) is 0 Å². The summed E-state index contributed by atoms with van der Waals surface area (Å²) in [6.07, 6.45) is 1.64. The van der Waals surface area contributed by atoms with Gasteiger partial charge in [-0.3, -0.25) is 4.79 Å². The monoisotopic (exact) mass is 311 g/mol. The molecule has 0 radical (unpaired) electrons. The van der Waals surface area contributed by atoms with Crippen molar-refractivity contribution in [2.45, 2.75) is 12.8 Å². The van der Waals surface area contributed by atoms with E-state index >= 15 is 0 Å². The van der Waals surface area contributed by atoms with Gasteiger partial charge >= 0.3 is 0 Å². The summed E-state index contributed by atoms with van der Waals surface area (Å²) in [6, 6.07) is 5.27. The lowest BCUT2D eigenvalue weighted by Crippen LogP contribution is -2.25. The van der Waals surface area contributed by atoms with Crippen LogP contribution in [0, 0.1) is 0 Å². The fourth-order valence-electron chi connectivity index (χ4n) is 1.91. The van der Waals surface area contributed by atoms with Crippen LogP contribution in [0.2, 0.25) is 0 Å². The van der Waals surface area contributed by atoms with Crippen LogP contribution in [0.25, 0.3) is 0 Å². The van der Waals surface area contributed by atoms with Gasteiger partial charge in [0.05, 0.1) is 13.2 Å². The largest absolute Gasteiger partial charge is 0.490 e. The molecule has 0 unspecified atom stereocenters. The highest BCUT2D eigenvalue weighted by Gasteiger charge is 2.13. The molecule has 116 valence electrons. The number of carbonyl (C=O) groups is 1. The van der Waals surface area contributed by atoms with Crippen molar-refractivity contribution in [1.29, 1.82) is 0 Å². The van der Waals surface area contributed by atoms with Crippen LogP contribution in [-0.4, -0.2) is 48.9 Å². The predicted molar refractivity (Wildman–Crippen MR) is 83.4 cm³/mol. The number of hydrogen-bond donors (Lipinski definition) is 2. The second kappa shape index (κ2) is 8.79. The molecule has 21 heavy (non-hydrogen) atoms. The van der Waals surface area contributed by atoms with E-state index in [1.807, 2.05) is 0 Å². The number of fused-ring (bicyclic) bond motifs is 1. The van der Waals surface area contributed by atoms with E-state index < -0.39 is 0 Å². The number of ether oxygens (including phenoxy) is 2. The number of carbonyl (C=O) groups excluding carboxylic acids is 1. The lowest BCUT2D eigenvalue weighted by atomic mass is 10.2. The first-order valence-electron chi connectivity index (χ1n) is 7.17. The summed E-state index contributed by atoms with van der Waals surface area (Å²) in [5.41, 5.74) is 0.583. The number of nitrogens with one attached hydrogen (secondary N) is 1. The van der Waals surface area contributed by atoms with Crippen LogP contribution in [0.1, 0.15) is 23.2 Å². The Morgan fingerprint density at radius 1 is 1.24 bits per heavy atom. The number of benzene rings is 1. The van der Waals surface area contributed by atoms with Gasteiger partial charge in [0.15, 0.2) is 11.5 Å². The Labute approximate surface area is 129 Å². The molecule has 1 heterocycles. The molecule has 0 saturated carbocycles. The molecule has 1 aliphatic rings. The van der Waals surface area contributed by atoms with Gasteiger partial charge in [0, 0.05) is 30.9 Å². The first kappa shape index (κ1) is 16.0. The Morgan fingerprint density at radius 3 is 2.86 bits per heavy atom. The minimum absolute atomic E-state index is 0.103. The maximum Gasteiger partial charge on any atom is 0.251 e. The Bertz CT molecular complexity index is 467. The molecular weight excluding hydrogens is 290 g/mol. The molecule has 1 amide bonds. The summed E-state index contributed by atoms with van der Waals surface area (Å²) < 4.78 is 11.1. The maximum absolute atomic E-state index is 12.0. The molecule has 0 bridgehead atoms. The first-order valence-corrected chi connectivity index (χ1v) is 8.33. The summed E-state index contributed by atoms with van der Waals surface area (Å²) in [6.45, 7) is 2.09. The van der Waals surface area contributed by atoms with Crippen LogP contribution in [0.5, 0.6) is 11.5 Å². The second-order valence-electron chi connectivity index (χ2n) is 4.66. The van der Waals surface area contributed by atoms with Gasteiger partial charge in [-0.15, -0.1) is 0 Å².